The molecule has 2 aromatic heterocycles. The fourth-order valence-corrected chi connectivity index (χ4v) is 3.68. The summed E-state index contributed by atoms with van der Waals surface area (Å²) in [4.78, 5) is 31.5. The van der Waals surface area contributed by atoms with E-state index in [4.69, 9.17) is 4.74 Å². The Morgan fingerprint density at radius 1 is 1.32 bits per heavy atom. The van der Waals surface area contributed by atoms with Gasteiger partial charge in [-0.2, -0.15) is 0 Å². The van der Waals surface area contributed by atoms with Gasteiger partial charge in [-0.3, -0.25) is 9.20 Å². The van der Waals surface area contributed by atoms with Crippen LogP contribution in [0.5, 0.6) is 0 Å². The average molecular weight is 341 g/mol. The molecular weight excluding hydrogens is 322 g/mol. The first kappa shape index (κ1) is 15.8. The Kier molecular flexibility index (Phi) is 3.61. The van der Waals surface area contributed by atoms with Crippen LogP contribution >= 0.6 is 0 Å². The first-order chi connectivity index (χ1) is 12.0. The average Bonchev–Trinajstić information content (AvgIpc) is 2.94. The molecule has 0 amide bonds. The minimum atomic E-state index is -1.01. The van der Waals surface area contributed by atoms with Gasteiger partial charge >= 0.3 is 5.97 Å². The molecule has 0 unspecified atom stereocenters. The minimum Gasteiger partial charge on any atom is -0.478 e. The Morgan fingerprint density at radius 3 is 2.72 bits per heavy atom. The van der Waals surface area contributed by atoms with Crippen molar-refractivity contribution in [3.63, 3.8) is 0 Å². The van der Waals surface area contributed by atoms with Gasteiger partial charge in [-0.25, -0.2) is 9.78 Å². The quantitative estimate of drug-likeness (QED) is 0.746. The first-order valence-corrected chi connectivity index (χ1v) is 8.34. The molecule has 0 radical (unpaired) electrons. The van der Waals surface area contributed by atoms with Gasteiger partial charge < -0.3 is 14.8 Å². The molecule has 1 fully saturated rings. The van der Waals surface area contributed by atoms with Crippen molar-refractivity contribution < 1.29 is 14.6 Å². The lowest BCUT2D eigenvalue weighted by Crippen LogP contribution is -2.18. The summed E-state index contributed by atoms with van der Waals surface area (Å²) in [5.41, 5.74) is 3.08. The Bertz CT molecular complexity index is 1060. The van der Waals surface area contributed by atoms with E-state index in [0.29, 0.717) is 35.5 Å². The smallest absolute Gasteiger partial charge is 0.336 e. The van der Waals surface area contributed by atoms with Gasteiger partial charge in [0, 0.05) is 19.1 Å². The number of fused-ring (bicyclic) bond motifs is 3. The Labute approximate surface area is 143 Å². The Hall–Kier alpha value is -2.67. The zero-order chi connectivity index (χ0) is 17.7. The maximum atomic E-state index is 12.6. The van der Waals surface area contributed by atoms with Crippen molar-refractivity contribution in [2.45, 2.75) is 32.6 Å². The number of carbonyl (C=O) groups is 1. The van der Waals surface area contributed by atoms with Crippen molar-refractivity contribution in [3.8, 4) is 0 Å². The highest BCUT2D eigenvalue weighted by Gasteiger charge is 2.24. The number of hydrogen-bond donors (Lipinski definition) is 2. The molecule has 130 valence electrons. The van der Waals surface area contributed by atoms with Crippen LogP contribution in [0.3, 0.4) is 0 Å². The number of nitrogens with one attached hydrogen (secondary N) is 1. The zero-order valence-corrected chi connectivity index (χ0v) is 14.1. The van der Waals surface area contributed by atoms with E-state index in [-0.39, 0.29) is 17.0 Å². The normalized spacial score (nSPS) is 15.9. The summed E-state index contributed by atoms with van der Waals surface area (Å²) in [6.45, 7) is 4.96. The van der Waals surface area contributed by atoms with Crippen LogP contribution in [0.1, 0.15) is 46.2 Å². The summed E-state index contributed by atoms with van der Waals surface area (Å²) in [5.74, 6) is 0.0700. The van der Waals surface area contributed by atoms with E-state index in [9.17, 15) is 14.7 Å². The molecule has 3 heterocycles. The van der Waals surface area contributed by atoms with Crippen molar-refractivity contribution in [2.75, 3.05) is 13.2 Å². The van der Waals surface area contributed by atoms with E-state index >= 15 is 0 Å². The van der Waals surface area contributed by atoms with Crippen molar-refractivity contribution in [2.24, 2.45) is 0 Å². The number of ether oxygens (including phenoxy) is 1. The second kappa shape index (κ2) is 5.70. The summed E-state index contributed by atoms with van der Waals surface area (Å²) in [6, 6.07) is 3.34. The van der Waals surface area contributed by atoms with Gasteiger partial charge in [0.05, 0.1) is 22.3 Å². The van der Waals surface area contributed by atoms with Gasteiger partial charge in [0.25, 0.3) is 5.56 Å². The number of H-pyrrole nitrogens is 1. The number of rotatable bonds is 2. The van der Waals surface area contributed by atoms with E-state index in [1.54, 1.807) is 6.92 Å². The molecule has 3 aromatic rings. The van der Waals surface area contributed by atoms with Gasteiger partial charge in [0.15, 0.2) is 0 Å². The third-order valence-corrected chi connectivity index (χ3v) is 4.94. The molecule has 0 spiro atoms. The SMILES string of the molecule is Cc1cc2c(cc1C(=O)O)[nH]c(=O)c1c(C)nc(C3CCOCC3)n12. The van der Waals surface area contributed by atoms with Gasteiger partial charge in [0.1, 0.15) is 11.3 Å². The van der Waals surface area contributed by atoms with Crippen LogP contribution in [0.25, 0.3) is 16.6 Å². The van der Waals surface area contributed by atoms with Crippen LogP contribution in [-0.2, 0) is 4.74 Å². The molecule has 7 nitrogen and oxygen atoms in total. The molecule has 1 saturated heterocycles. The second-order valence-corrected chi connectivity index (χ2v) is 6.57. The first-order valence-electron chi connectivity index (χ1n) is 8.34. The number of carboxylic acids is 1. The molecule has 1 aliphatic heterocycles. The summed E-state index contributed by atoms with van der Waals surface area (Å²) in [7, 11) is 0. The third kappa shape index (κ3) is 2.42. The fourth-order valence-electron chi connectivity index (χ4n) is 3.68. The minimum absolute atomic E-state index is 0.187. The topological polar surface area (TPSA) is 96.7 Å². The lowest BCUT2D eigenvalue weighted by molar-refractivity contribution is 0.0696. The Morgan fingerprint density at radius 2 is 2.04 bits per heavy atom. The molecule has 7 heteroatoms. The van der Waals surface area contributed by atoms with E-state index in [1.807, 2.05) is 17.4 Å². The highest BCUT2D eigenvalue weighted by atomic mass is 16.5. The number of imidazole rings is 1. The van der Waals surface area contributed by atoms with Crippen LogP contribution < -0.4 is 5.56 Å². The molecule has 0 saturated carbocycles. The van der Waals surface area contributed by atoms with Gasteiger partial charge in [0.2, 0.25) is 0 Å². The summed E-state index contributed by atoms with van der Waals surface area (Å²) in [6.07, 6.45) is 1.72. The van der Waals surface area contributed by atoms with Crippen LogP contribution in [0.2, 0.25) is 0 Å². The number of aryl methyl sites for hydroxylation is 2. The number of benzene rings is 1. The van der Waals surface area contributed by atoms with Crippen molar-refractivity contribution in [1.82, 2.24) is 14.4 Å². The van der Waals surface area contributed by atoms with E-state index in [2.05, 4.69) is 9.97 Å². The molecule has 25 heavy (non-hydrogen) atoms. The number of aromatic carboxylic acids is 1. The summed E-state index contributed by atoms with van der Waals surface area (Å²) < 4.78 is 7.34. The maximum absolute atomic E-state index is 12.6. The van der Waals surface area contributed by atoms with Crippen LogP contribution in [0.4, 0.5) is 0 Å². The number of aromatic nitrogens is 3. The fraction of sp³-hybridized carbons (Fsp3) is 0.389. The standard InChI is InChI=1S/C18H19N3O4/c1-9-7-14-13(8-12(9)18(23)24)20-17(22)15-10(2)19-16(21(14)15)11-3-5-25-6-4-11/h7-8,11H,3-6H2,1-2H3,(H,20,22)(H,23,24). The second-order valence-electron chi connectivity index (χ2n) is 6.57. The van der Waals surface area contributed by atoms with Crippen LogP contribution in [0, 0.1) is 13.8 Å². The maximum Gasteiger partial charge on any atom is 0.336 e. The molecular formula is C18H19N3O4. The van der Waals surface area contributed by atoms with E-state index < -0.39 is 5.97 Å². The van der Waals surface area contributed by atoms with Gasteiger partial charge in [-0.15, -0.1) is 0 Å². The molecule has 1 aromatic carbocycles. The molecule has 0 aliphatic carbocycles. The van der Waals surface area contributed by atoms with Crippen LogP contribution in [0.15, 0.2) is 16.9 Å². The number of aromatic amines is 1. The molecule has 0 atom stereocenters. The number of hydrogen-bond acceptors (Lipinski definition) is 4. The van der Waals surface area contributed by atoms with Crippen molar-refractivity contribution >= 4 is 22.5 Å². The molecule has 0 bridgehead atoms. The zero-order valence-electron chi connectivity index (χ0n) is 14.1. The van der Waals surface area contributed by atoms with Crippen molar-refractivity contribution in [3.05, 3.63) is 45.1 Å². The largest absolute Gasteiger partial charge is 0.478 e. The lowest BCUT2D eigenvalue weighted by atomic mass is 9.99. The van der Waals surface area contributed by atoms with Gasteiger partial charge in [-0.05, 0) is 44.4 Å². The molecule has 4 rings (SSSR count). The highest BCUT2D eigenvalue weighted by molar-refractivity contribution is 5.94. The third-order valence-electron chi connectivity index (χ3n) is 4.94. The highest BCUT2D eigenvalue weighted by Crippen LogP contribution is 2.30. The van der Waals surface area contributed by atoms with Gasteiger partial charge in [-0.1, -0.05) is 0 Å². The molecule has 2 N–H and O–H groups in total. The van der Waals surface area contributed by atoms with Crippen LogP contribution in [-0.4, -0.2) is 38.7 Å². The monoisotopic (exact) mass is 341 g/mol. The number of carboxylic acid groups (broad SMARTS) is 1. The Balaban J connectivity index is 2.09. The lowest BCUT2D eigenvalue weighted by Gasteiger charge is -2.21. The molecule has 1 aliphatic rings. The number of nitrogens with zero attached hydrogens (tertiary/aromatic N) is 2. The van der Waals surface area contributed by atoms with Crippen molar-refractivity contribution in [1.29, 1.82) is 0 Å². The van der Waals surface area contributed by atoms with E-state index in [0.717, 1.165) is 24.2 Å². The predicted octanol–water partition coefficient (Wildman–Crippen LogP) is 2.38. The summed E-state index contributed by atoms with van der Waals surface area (Å²) in [5, 5.41) is 9.35. The van der Waals surface area contributed by atoms with E-state index in [1.165, 1.54) is 6.07 Å². The predicted molar refractivity (Wildman–Crippen MR) is 92.5 cm³/mol. The summed E-state index contributed by atoms with van der Waals surface area (Å²) >= 11 is 0.